The summed E-state index contributed by atoms with van der Waals surface area (Å²) in [5.41, 5.74) is 2.15. The lowest BCUT2D eigenvalue weighted by Gasteiger charge is -2.07. The maximum Gasteiger partial charge on any atom is 0.259 e. The highest BCUT2D eigenvalue weighted by atomic mass is 16.5. The summed E-state index contributed by atoms with van der Waals surface area (Å²) in [4.78, 5) is 12.5. The minimum absolute atomic E-state index is 0.202. The van der Waals surface area contributed by atoms with Crippen LogP contribution >= 0.6 is 0 Å². The molecule has 0 saturated heterocycles. The van der Waals surface area contributed by atoms with Gasteiger partial charge in [-0.15, -0.1) is 0 Å². The summed E-state index contributed by atoms with van der Waals surface area (Å²) in [6.45, 7) is 4.29. The Kier molecular flexibility index (Phi) is 4.66. The summed E-state index contributed by atoms with van der Waals surface area (Å²) >= 11 is 0. The van der Waals surface area contributed by atoms with Crippen LogP contribution in [0, 0.1) is 6.92 Å². The van der Waals surface area contributed by atoms with Gasteiger partial charge in [0.2, 0.25) is 0 Å². The number of carbonyl (C=O) groups excluding carboxylic acids is 1. The van der Waals surface area contributed by atoms with Gasteiger partial charge in [-0.1, -0.05) is 36.4 Å². The van der Waals surface area contributed by atoms with Gasteiger partial charge >= 0.3 is 0 Å². The van der Waals surface area contributed by atoms with Gasteiger partial charge in [-0.3, -0.25) is 4.79 Å². The van der Waals surface area contributed by atoms with Gasteiger partial charge in [-0.25, -0.2) is 0 Å². The molecule has 1 amide bonds. The molecule has 1 heterocycles. The van der Waals surface area contributed by atoms with Crippen LogP contribution in [0.3, 0.4) is 0 Å². The molecule has 0 aliphatic heterocycles. The summed E-state index contributed by atoms with van der Waals surface area (Å²) in [6, 6.07) is 18.8. The average Bonchev–Trinajstić information content (AvgIpc) is 2.98. The van der Waals surface area contributed by atoms with Crippen molar-refractivity contribution >= 4 is 11.6 Å². The van der Waals surface area contributed by atoms with Crippen molar-refractivity contribution in [1.29, 1.82) is 0 Å². The van der Waals surface area contributed by atoms with Crippen LogP contribution in [0.5, 0.6) is 5.75 Å². The van der Waals surface area contributed by atoms with Crippen molar-refractivity contribution in [2.45, 2.75) is 13.8 Å². The summed E-state index contributed by atoms with van der Waals surface area (Å²) in [5.74, 6) is 1.80. The molecule has 0 saturated carbocycles. The maximum absolute atomic E-state index is 12.5. The Morgan fingerprint density at radius 1 is 1.08 bits per heavy atom. The summed E-state index contributed by atoms with van der Waals surface area (Å²) in [6.07, 6.45) is 0. The van der Waals surface area contributed by atoms with Gasteiger partial charge in [0.25, 0.3) is 5.91 Å². The molecule has 122 valence electrons. The highest BCUT2D eigenvalue weighted by Gasteiger charge is 2.16. The molecule has 0 radical (unpaired) electrons. The molecule has 2 aromatic carbocycles. The van der Waals surface area contributed by atoms with Gasteiger partial charge in [0.1, 0.15) is 17.3 Å². The predicted octanol–water partition coefficient (Wildman–Crippen LogP) is 4.91. The smallest absolute Gasteiger partial charge is 0.259 e. The number of ether oxygens (including phenoxy) is 1. The van der Waals surface area contributed by atoms with Crippen molar-refractivity contribution < 1.29 is 13.9 Å². The zero-order valence-electron chi connectivity index (χ0n) is 13.7. The fourth-order valence-corrected chi connectivity index (χ4v) is 2.48. The number of rotatable bonds is 5. The number of amides is 1. The highest BCUT2D eigenvalue weighted by Crippen LogP contribution is 2.26. The standard InChI is InChI=1S/C20H19NO3/c1-3-23-17-11-7-10-16(12-17)21-20(22)18-13-19(24-14(18)2)15-8-5-4-6-9-15/h4-13H,3H2,1-2H3,(H,21,22). The predicted molar refractivity (Wildman–Crippen MR) is 94.4 cm³/mol. The molecule has 0 bridgehead atoms. The number of carbonyl (C=O) groups is 1. The molecule has 4 nitrogen and oxygen atoms in total. The Labute approximate surface area is 141 Å². The van der Waals surface area contributed by atoms with Crippen LogP contribution in [0.4, 0.5) is 5.69 Å². The molecule has 3 rings (SSSR count). The summed E-state index contributed by atoms with van der Waals surface area (Å²) < 4.78 is 11.2. The van der Waals surface area contributed by atoms with Gasteiger partial charge in [0.15, 0.2) is 0 Å². The van der Waals surface area contributed by atoms with Crippen LogP contribution in [0.15, 0.2) is 65.1 Å². The van der Waals surface area contributed by atoms with Gasteiger partial charge in [0.05, 0.1) is 12.2 Å². The first-order valence-corrected chi connectivity index (χ1v) is 7.87. The Bertz CT molecular complexity index is 837. The van der Waals surface area contributed by atoms with Crippen LogP contribution in [-0.2, 0) is 0 Å². The molecule has 0 unspecified atom stereocenters. The normalized spacial score (nSPS) is 10.4. The summed E-state index contributed by atoms with van der Waals surface area (Å²) in [7, 11) is 0. The van der Waals surface area contributed by atoms with Crippen LogP contribution < -0.4 is 10.1 Å². The van der Waals surface area contributed by atoms with Crippen LogP contribution in [0.2, 0.25) is 0 Å². The number of furan rings is 1. The van der Waals surface area contributed by atoms with E-state index in [1.807, 2.05) is 55.5 Å². The van der Waals surface area contributed by atoms with E-state index in [9.17, 15) is 4.79 Å². The minimum atomic E-state index is -0.202. The van der Waals surface area contributed by atoms with E-state index in [0.717, 1.165) is 11.3 Å². The number of hydrogen-bond acceptors (Lipinski definition) is 3. The molecular weight excluding hydrogens is 302 g/mol. The van der Waals surface area contributed by atoms with Crippen molar-refractivity contribution in [2.24, 2.45) is 0 Å². The minimum Gasteiger partial charge on any atom is -0.494 e. The SMILES string of the molecule is CCOc1cccc(NC(=O)c2cc(-c3ccccc3)oc2C)c1. The van der Waals surface area contributed by atoms with Crippen molar-refractivity contribution in [2.75, 3.05) is 11.9 Å². The number of hydrogen-bond donors (Lipinski definition) is 1. The van der Waals surface area contributed by atoms with Gasteiger partial charge in [-0.05, 0) is 32.0 Å². The molecule has 1 N–H and O–H groups in total. The molecule has 24 heavy (non-hydrogen) atoms. The van der Waals surface area contributed by atoms with Gasteiger partial charge in [0, 0.05) is 17.3 Å². The van der Waals surface area contributed by atoms with Crippen LogP contribution in [0.25, 0.3) is 11.3 Å². The fourth-order valence-electron chi connectivity index (χ4n) is 2.48. The Morgan fingerprint density at radius 2 is 1.88 bits per heavy atom. The summed E-state index contributed by atoms with van der Waals surface area (Å²) in [5, 5.41) is 2.88. The number of anilines is 1. The third-order valence-electron chi connectivity index (χ3n) is 3.62. The lowest BCUT2D eigenvalue weighted by molar-refractivity contribution is 0.102. The third kappa shape index (κ3) is 3.49. The van der Waals surface area contributed by atoms with Crippen molar-refractivity contribution in [3.8, 4) is 17.1 Å². The van der Waals surface area contributed by atoms with Gasteiger partial charge < -0.3 is 14.5 Å². The largest absolute Gasteiger partial charge is 0.494 e. The second-order valence-electron chi connectivity index (χ2n) is 5.36. The zero-order valence-corrected chi connectivity index (χ0v) is 13.7. The van der Waals surface area contributed by atoms with E-state index in [1.165, 1.54) is 0 Å². The quantitative estimate of drug-likeness (QED) is 0.726. The van der Waals surface area contributed by atoms with E-state index in [0.29, 0.717) is 29.4 Å². The number of benzene rings is 2. The molecule has 0 fully saturated rings. The van der Waals surface area contributed by atoms with Gasteiger partial charge in [-0.2, -0.15) is 0 Å². The molecular formula is C20H19NO3. The molecule has 0 aliphatic rings. The third-order valence-corrected chi connectivity index (χ3v) is 3.62. The first-order valence-electron chi connectivity index (χ1n) is 7.87. The van der Waals surface area contributed by atoms with E-state index in [2.05, 4.69) is 5.32 Å². The number of nitrogens with one attached hydrogen (secondary N) is 1. The van der Waals surface area contributed by atoms with E-state index >= 15 is 0 Å². The second-order valence-corrected chi connectivity index (χ2v) is 5.36. The second kappa shape index (κ2) is 7.04. The van der Waals surface area contributed by atoms with Crippen LogP contribution in [0.1, 0.15) is 23.0 Å². The van der Waals surface area contributed by atoms with E-state index in [-0.39, 0.29) is 5.91 Å². The molecule has 0 atom stereocenters. The van der Waals surface area contributed by atoms with Crippen molar-refractivity contribution in [1.82, 2.24) is 0 Å². The average molecular weight is 321 g/mol. The Balaban J connectivity index is 1.81. The Morgan fingerprint density at radius 3 is 2.62 bits per heavy atom. The first-order chi connectivity index (χ1) is 11.7. The van der Waals surface area contributed by atoms with Crippen molar-refractivity contribution in [3.63, 3.8) is 0 Å². The first kappa shape index (κ1) is 15.9. The Hall–Kier alpha value is -3.01. The van der Waals surface area contributed by atoms with E-state index in [1.54, 1.807) is 19.1 Å². The molecule has 0 aliphatic carbocycles. The zero-order chi connectivity index (χ0) is 16.9. The molecule has 0 spiro atoms. The lowest BCUT2D eigenvalue weighted by Crippen LogP contribution is -2.12. The topological polar surface area (TPSA) is 51.5 Å². The lowest BCUT2D eigenvalue weighted by atomic mass is 10.1. The maximum atomic E-state index is 12.5. The molecule has 1 aromatic heterocycles. The van der Waals surface area contributed by atoms with E-state index < -0.39 is 0 Å². The molecule has 4 heteroatoms. The highest BCUT2D eigenvalue weighted by molar-refractivity contribution is 6.05. The fraction of sp³-hybridized carbons (Fsp3) is 0.150. The van der Waals surface area contributed by atoms with Crippen molar-refractivity contribution in [3.05, 3.63) is 72.0 Å². The molecule has 3 aromatic rings. The van der Waals surface area contributed by atoms with Crippen LogP contribution in [-0.4, -0.2) is 12.5 Å². The van der Waals surface area contributed by atoms with E-state index in [4.69, 9.17) is 9.15 Å². The number of aryl methyl sites for hydroxylation is 1. The monoisotopic (exact) mass is 321 g/mol.